The fraction of sp³-hybridized carbons (Fsp3) is 0.262. The van der Waals surface area contributed by atoms with Gasteiger partial charge in [0.15, 0.2) is 0 Å². The number of anilines is 3. The summed E-state index contributed by atoms with van der Waals surface area (Å²) in [6.07, 6.45) is 0. The van der Waals surface area contributed by atoms with E-state index in [9.17, 15) is 0 Å². The zero-order chi connectivity index (χ0) is 48.3. The number of hydrogen-bond acceptors (Lipinski definition) is 1. The number of nitrogens with zero attached hydrogens (tertiary/aromatic N) is 3. The van der Waals surface area contributed by atoms with E-state index in [0.717, 1.165) is 5.69 Å². The maximum Gasteiger partial charge on any atom is 0.333 e. The van der Waals surface area contributed by atoms with Crippen LogP contribution in [0.2, 0.25) is 0 Å². The van der Waals surface area contributed by atoms with Crippen LogP contribution in [0, 0.1) is 6.92 Å². The van der Waals surface area contributed by atoms with Crippen LogP contribution in [0.4, 0.5) is 17.1 Å². The van der Waals surface area contributed by atoms with Gasteiger partial charge in [0.05, 0.1) is 11.0 Å². The topological polar surface area (TPSA) is 13.1 Å². The van der Waals surface area contributed by atoms with Crippen molar-refractivity contribution in [2.75, 3.05) is 4.90 Å². The molecule has 0 saturated heterocycles. The molecule has 0 fully saturated rings. The Bertz CT molecular complexity index is 3720. The van der Waals surface area contributed by atoms with Crippen LogP contribution < -0.4 is 15.8 Å². The Kier molecular flexibility index (Phi) is 9.22. The highest BCUT2D eigenvalue weighted by atomic mass is 15.2. The van der Waals surface area contributed by atoms with E-state index >= 15 is 0 Å². The van der Waals surface area contributed by atoms with E-state index in [4.69, 9.17) is 0 Å². The zero-order valence-corrected chi connectivity index (χ0v) is 42.9. The standard InChI is InChI=1S/C65H64BN3/c1-39-49(40-19-18-20-46(33-40)68-54-23-16-14-21-47(54)48-22-15-17-24-55(48)68)38-58-60-59(39)52-36-44(65(11,12)13)35-51-50-34-42(63(5,6)7)27-31-56(50)69(61(51)52)66(60)53-37-43(64(8,9)10)28-32-57(53)67(58)45-29-25-41(26-30-45)62(2,3)4/h14-38H,1-13H3. The Morgan fingerprint density at radius 3 is 1.62 bits per heavy atom. The number of aromatic nitrogens is 2. The first-order valence-corrected chi connectivity index (χ1v) is 25.1. The molecule has 4 heteroatoms. The van der Waals surface area contributed by atoms with Gasteiger partial charge in [-0.1, -0.05) is 162 Å². The highest BCUT2D eigenvalue weighted by Gasteiger charge is 2.45. The van der Waals surface area contributed by atoms with Crippen LogP contribution in [-0.4, -0.2) is 15.9 Å². The van der Waals surface area contributed by atoms with Crippen molar-refractivity contribution in [3.8, 4) is 27.9 Å². The number of fused-ring (bicyclic) bond motifs is 10. The molecule has 10 aromatic rings. The van der Waals surface area contributed by atoms with Gasteiger partial charge >= 0.3 is 6.85 Å². The third-order valence-electron chi connectivity index (χ3n) is 15.7. The third-order valence-corrected chi connectivity index (χ3v) is 15.7. The molecule has 0 aliphatic carbocycles. The number of para-hydroxylation sites is 2. The largest absolute Gasteiger partial charge is 0.375 e. The molecule has 12 rings (SSSR count). The van der Waals surface area contributed by atoms with E-state index in [1.54, 1.807) is 0 Å². The molecule has 0 saturated carbocycles. The second kappa shape index (κ2) is 14.6. The zero-order valence-electron chi connectivity index (χ0n) is 42.9. The van der Waals surface area contributed by atoms with Crippen molar-refractivity contribution in [2.24, 2.45) is 0 Å². The summed E-state index contributed by atoms with van der Waals surface area (Å²) in [5.41, 5.74) is 24.4. The molecule has 0 unspecified atom stereocenters. The Morgan fingerprint density at radius 1 is 0.406 bits per heavy atom. The molecule has 0 radical (unpaired) electrons. The van der Waals surface area contributed by atoms with Crippen molar-refractivity contribution in [1.82, 2.24) is 9.05 Å². The average molecular weight is 898 g/mol. The minimum atomic E-state index is -0.0745. The summed E-state index contributed by atoms with van der Waals surface area (Å²) in [5, 5.41) is 5.23. The van der Waals surface area contributed by atoms with Crippen molar-refractivity contribution in [3.63, 3.8) is 0 Å². The lowest BCUT2D eigenvalue weighted by Crippen LogP contribution is -2.57. The minimum absolute atomic E-state index is 0.00470. The molecule has 342 valence electrons. The molecule has 0 bridgehead atoms. The summed E-state index contributed by atoms with van der Waals surface area (Å²) in [7, 11) is 0. The Balaban J connectivity index is 1.23. The molecule has 2 aromatic heterocycles. The lowest BCUT2D eigenvalue weighted by atomic mass is 9.44. The molecular weight excluding hydrogens is 834 g/mol. The summed E-state index contributed by atoms with van der Waals surface area (Å²) in [5.74, 6) is 0. The lowest BCUT2D eigenvalue weighted by Gasteiger charge is -2.42. The fourth-order valence-electron chi connectivity index (χ4n) is 11.8. The second-order valence-electron chi connectivity index (χ2n) is 24.4. The first-order chi connectivity index (χ1) is 32.7. The van der Waals surface area contributed by atoms with Gasteiger partial charge < -0.3 is 13.9 Å². The van der Waals surface area contributed by atoms with E-state index in [2.05, 4.69) is 256 Å². The van der Waals surface area contributed by atoms with Crippen LogP contribution >= 0.6 is 0 Å². The molecule has 2 aliphatic rings. The van der Waals surface area contributed by atoms with Gasteiger partial charge in [0.1, 0.15) is 0 Å². The van der Waals surface area contributed by atoms with Crippen LogP contribution in [0.1, 0.15) is 111 Å². The van der Waals surface area contributed by atoms with E-state index in [1.165, 1.54) is 122 Å². The molecule has 4 heterocycles. The maximum absolute atomic E-state index is 2.75. The summed E-state index contributed by atoms with van der Waals surface area (Å²) >= 11 is 0. The van der Waals surface area contributed by atoms with E-state index in [1.807, 2.05) is 0 Å². The van der Waals surface area contributed by atoms with Crippen molar-refractivity contribution < 1.29 is 0 Å². The van der Waals surface area contributed by atoms with Crippen molar-refractivity contribution in [2.45, 2.75) is 112 Å². The second-order valence-corrected chi connectivity index (χ2v) is 24.4. The molecule has 8 aromatic carbocycles. The Hall–Kier alpha value is -6.78. The summed E-state index contributed by atoms with van der Waals surface area (Å²) in [4.78, 5) is 2.60. The molecule has 0 spiro atoms. The van der Waals surface area contributed by atoms with Crippen molar-refractivity contribution in [3.05, 3.63) is 179 Å². The van der Waals surface area contributed by atoms with Crippen molar-refractivity contribution in [1.29, 1.82) is 0 Å². The van der Waals surface area contributed by atoms with Gasteiger partial charge in [-0.25, -0.2) is 0 Å². The highest BCUT2D eigenvalue weighted by molar-refractivity contribution is 6.90. The predicted molar refractivity (Wildman–Crippen MR) is 299 cm³/mol. The number of rotatable bonds is 3. The van der Waals surface area contributed by atoms with Gasteiger partial charge in [0, 0.05) is 60.9 Å². The molecular formula is C65H64BN3. The Labute approximate surface area is 409 Å². The molecule has 3 nitrogen and oxygen atoms in total. The highest BCUT2D eigenvalue weighted by Crippen LogP contribution is 2.50. The smallest absolute Gasteiger partial charge is 0.333 e. The van der Waals surface area contributed by atoms with Gasteiger partial charge in [-0.15, -0.1) is 0 Å². The lowest BCUT2D eigenvalue weighted by molar-refractivity contribution is 0.590. The number of hydrogen-bond donors (Lipinski definition) is 0. The molecule has 0 amide bonds. The van der Waals surface area contributed by atoms with Crippen LogP contribution in [0.5, 0.6) is 0 Å². The van der Waals surface area contributed by atoms with Gasteiger partial charge in [0.25, 0.3) is 0 Å². The predicted octanol–water partition coefficient (Wildman–Crippen LogP) is 16.5. The van der Waals surface area contributed by atoms with Gasteiger partial charge in [-0.2, -0.15) is 0 Å². The number of benzene rings is 8. The summed E-state index contributed by atoms with van der Waals surface area (Å²) < 4.78 is 5.20. The monoisotopic (exact) mass is 898 g/mol. The van der Waals surface area contributed by atoms with Gasteiger partial charge in [0.2, 0.25) is 0 Å². The van der Waals surface area contributed by atoms with Crippen molar-refractivity contribution >= 4 is 78.4 Å². The Morgan fingerprint density at radius 2 is 0.986 bits per heavy atom. The van der Waals surface area contributed by atoms with E-state index in [0.29, 0.717) is 0 Å². The minimum Gasteiger partial charge on any atom is -0.375 e. The first kappa shape index (κ1) is 43.5. The summed E-state index contributed by atoms with van der Waals surface area (Å²) in [6.45, 7) is 30.5. The van der Waals surface area contributed by atoms with Crippen LogP contribution in [0.15, 0.2) is 152 Å². The SMILES string of the molecule is Cc1c(-c2cccc(-n3c4ccccc4c4ccccc43)c2)cc2c3c1-c1cc(C(C)(C)C)cc4c5cc(C(C)(C)C)ccc5n(c14)B3c1cc(C(C)(C)C)ccc1N2c1ccc(C(C)(C)C)cc1. The van der Waals surface area contributed by atoms with Crippen LogP contribution in [-0.2, 0) is 21.7 Å². The quantitative estimate of drug-likeness (QED) is 0.161. The van der Waals surface area contributed by atoms with Crippen LogP contribution in [0.25, 0.3) is 71.6 Å². The fourth-order valence-corrected chi connectivity index (χ4v) is 11.8. The van der Waals surface area contributed by atoms with Gasteiger partial charge in [-0.05, 0) is 157 Å². The van der Waals surface area contributed by atoms with Crippen LogP contribution in [0.3, 0.4) is 0 Å². The third kappa shape index (κ3) is 6.54. The van der Waals surface area contributed by atoms with Gasteiger partial charge in [-0.3, -0.25) is 0 Å². The average Bonchev–Trinajstić information content (AvgIpc) is 3.82. The molecule has 0 atom stereocenters. The molecule has 2 aliphatic heterocycles. The van der Waals surface area contributed by atoms with E-state index in [-0.39, 0.29) is 28.5 Å². The normalized spacial score (nSPS) is 13.8. The maximum atomic E-state index is 2.75. The van der Waals surface area contributed by atoms with E-state index < -0.39 is 0 Å². The summed E-state index contributed by atoms with van der Waals surface area (Å²) in [6, 6.07) is 58.8. The first-order valence-electron chi connectivity index (χ1n) is 25.1. The molecule has 69 heavy (non-hydrogen) atoms. The molecule has 0 N–H and O–H groups in total.